The lowest BCUT2D eigenvalue weighted by Gasteiger charge is -2.18. The zero-order chi connectivity index (χ0) is 14.7. The van der Waals surface area contributed by atoms with Gasteiger partial charge in [0.2, 0.25) is 0 Å². The molecule has 3 rings (SSSR count). The summed E-state index contributed by atoms with van der Waals surface area (Å²) >= 11 is 0. The average Bonchev–Trinajstić information content (AvgIpc) is 3.00. The molecule has 0 spiro atoms. The molecule has 2 aromatic carbocycles. The standard InChI is InChI=1S/C18H22N2O/c1-21-17-7-3-6-16(12-17)18(20-19)11-13-8-9-14-4-2-5-15(14)10-13/h3,6-10,12,18,20H,2,4-5,11,19H2,1H3. The summed E-state index contributed by atoms with van der Waals surface area (Å²) < 4.78 is 5.29. The predicted octanol–water partition coefficient (Wildman–Crippen LogP) is 2.93. The Labute approximate surface area is 126 Å². The first-order valence-electron chi connectivity index (χ1n) is 7.51. The van der Waals surface area contributed by atoms with Crippen molar-refractivity contribution >= 4 is 0 Å². The third kappa shape index (κ3) is 3.09. The molecule has 0 fully saturated rings. The lowest BCUT2D eigenvalue weighted by Crippen LogP contribution is -2.29. The molecule has 0 saturated carbocycles. The quantitative estimate of drug-likeness (QED) is 0.655. The van der Waals surface area contributed by atoms with Crippen LogP contribution in [0.1, 0.15) is 34.7 Å². The molecule has 0 amide bonds. The van der Waals surface area contributed by atoms with Gasteiger partial charge in [-0.05, 0) is 60.1 Å². The fourth-order valence-electron chi connectivity index (χ4n) is 3.12. The second-order valence-electron chi connectivity index (χ2n) is 5.66. The molecule has 3 N–H and O–H groups in total. The molecule has 1 atom stereocenters. The molecule has 0 saturated heterocycles. The van der Waals surface area contributed by atoms with Gasteiger partial charge >= 0.3 is 0 Å². The van der Waals surface area contributed by atoms with E-state index in [1.165, 1.54) is 36.0 Å². The van der Waals surface area contributed by atoms with E-state index in [1.54, 1.807) is 7.11 Å². The number of aryl methyl sites for hydroxylation is 2. The number of ether oxygens (including phenoxy) is 1. The number of rotatable bonds is 5. The Morgan fingerprint density at radius 1 is 1.14 bits per heavy atom. The molecule has 0 aromatic heterocycles. The smallest absolute Gasteiger partial charge is 0.119 e. The van der Waals surface area contributed by atoms with Crippen LogP contribution >= 0.6 is 0 Å². The summed E-state index contributed by atoms with van der Waals surface area (Å²) in [4.78, 5) is 0. The zero-order valence-corrected chi connectivity index (χ0v) is 12.4. The van der Waals surface area contributed by atoms with Gasteiger partial charge in [-0.15, -0.1) is 0 Å². The van der Waals surface area contributed by atoms with E-state index < -0.39 is 0 Å². The van der Waals surface area contributed by atoms with Gasteiger partial charge in [-0.1, -0.05) is 30.3 Å². The highest BCUT2D eigenvalue weighted by molar-refractivity contribution is 5.37. The van der Waals surface area contributed by atoms with Crippen LogP contribution in [0.4, 0.5) is 0 Å². The molecular weight excluding hydrogens is 260 g/mol. The van der Waals surface area contributed by atoms with Crippen molar-refractivity contribution in [1.29, 1.82) is 0 Å². The van der Waals surface area contributed by atoms with Crippen molar-refractivity contribution in [3.63, 3.8) is 0 Å². The molecule has 2 aromatic rings. The summed E-state index contributed by atoms with van der Waals surface area (Å²) in [6.45, 7) is 0. The minimum absolute atomic E-state index is 0.0968. The van der Waals surface area contributed by atoms with Crippen molar-refractivity contribution in [2.45, 2.75) is 31.7 Å². The van der Waals surface area contributed by atoms with Gasteiger partial charge in [0, 0.05) is 0 Å². The third-order valence-electron chi connectivity index (χ3n) is 4.30. The molecule has 1 aliphatic carbocycles. The SMILES string of the molecule is COc1cccc(C(Cc2ccc3c(c2)CCC3)NN)c1. The average molecular weight is 282 g/mol. The topological polar surface area (TPSA) is 47.3 Å². The van der Waals surface area contributed by atoms with Gasteiger partial charge in [-0.3, -0.25) is 11.3 Å². The lowest BCUT2D eigenvalue weighted by molar-refractivity contribution is 0.413. The molecule has 110 valence electrons. The molecule has 1 aliphatic rings. The normalized spacial score (nSPS) is 14.8. The largest absolute Gasteiger partial charge is 0.497 e. The molecule has 0 heterocycles. The number of nitrogens with two attached hydrogens (primary N) is 1. The summed E-state index contributed by atoms with van der Waals surface area (Å²) in [5.41, 5.74) is 8.43. The first-order valence-corrected chi connectivity index (χ1v) is 7.51. The van der Waals surface area contributed by atoms with E-state index in [4.69, 9.17) is 10.6 Å². The van der Waals surface area contributed by atoms with Crippen LogP contribution in [-0.4, -0.2) is 7.11 Å². The predicted molar refractivity (Wildman–Crippen MR) is 85.2 cm³/mol. The Morgan fingerprint density at radius 2 is 2.00 bits per heavy atom. The minimum Gasteiger partial charge on any atom is -0.497 e. The minimum atomic E-state index is 0.0968. The van der Waals surface area contributed by atoms with Crippen molar-refractivity contribution < 1.29 is 4.74 Å². The Bertz CT molecular complexity index is 624. The molecule has 1 unspecified atom stereocenters. The monoisotopic (exact) mass is 282 g/mol. The van der Waals surface area contributed by atoms with Crippen LogP contribution in [0.3, 0.4) is 0 Å². The summed E-state index contributed by atoms with van der Waals surface area (Å²) in [7, 11) is 1.69. The summed E-state index contributed by atoms with van der Waals surface area (Å²) in [6, 6.07) is 15.0. The Hall–Kier alpha value is -1.84. The number of hydrazine groups is 1. The van der Waals surface area contributed by atoms with E-state index in [2.05, 4.69) is 29.7 Å². The number of hydrogen-bond donors (Lipinski definition) is 2. The molecule has 3 nitrogen and oxygen atoms in total. The maximum Gasteiger partial charge on any atom is 0.119 e. The number of benzene rings is 2. The fraction of sp³-hybridized carbons (Fsp3) is 0.333. The molecular formula is C18H22N2O. The van der Waals surface area contributed by atoms with Crippen molar-refractivity contribution in [1.82, 2.24) is 5.43 Å². The highest BCUT2D eigenvalue weighted by Crippen LogP contribution is 2.26. The van der Waals surface area contributed by atoms with Gasteiger partial charge in [0.05, 0.1) is 13.2 Å². The van der Waals surface area contributed by atoms with Crippen LogP contribution in [0, 0.1) is 0 Å². The first-order chi connectivity index (χ1) is 10.3. The van der Waals surface area contributed by atoms with E-state index in [9.17, 15) is 0 Å². The lowest BCUT2D eigenvalue weighted by atomic mass is 9.97. The Morgan fingerprint density at radius 3 is 2.81 bits per heavy atom. The van der Waals surface area contributed by atoms with Gasteiger partial charge in [0.1, 0.15) is 5.75 Å². The Balaban J connectivity index is 1.80. The molecule has 3 heteroatoms. The molecule has 21 heavy (non-hydrogen) atoms. The van der Waals surface area contributed by atoms with Crippen molar-refractivity contribution in [2.75, 3.05) is 7.11 Å². The van der Waals surface area contributed by atoms with Crippen LogP contribution < -0.4 is 16.0 Å². The van der Waals surface area contributed by atoms with Gasteiger partial charge in [-0.2, -0.15) is 0 Å². The van der Waals surface area contributed by atoms with Crippen molar-refractivity contribution in [3.05, 3.63) is 64.7 Å². The number of hydrogen-bond acceptors (Lipinski definition) is 3. The van der Waals surface area contributed by atoms with Crippen molar-refractivity contribution in [3.8, 4) is 5.75 Å². The van der Waals surface area contributed by atoms with Crippen LogP contribution in [0.25, 0.3) is 0 Å². The van der Waals surface area contributed by atoms with Gasteiger partial charge in [0.15, 0.2) is 0 Å². The molecule has 0 radical (unpaired) electrons. The van der Waals surface area contributed by atoms with Crippen LogP contribution in [0.2, 0.25) is 0 Å². The highest BCUT2D eigenvalue weighted by atomic mass is 16.5. The van der Waals surface area contributed by atoms with Crippen LogP contribution in [0.5, 0.6) is 5.75 Å². The summed E-state index contributed by atoms with van der Waals surface area (Å²) in [5, 5.41) is 0. The fourth-order valence-corrected chi connectivity index (χ4v) is 3.12. The molecule has 0 bridgehead atoms. The maximum absolute atomic E-state index is 5.77. The van der Waals surface area contributed by atoms with E-state index in [0.29, 0.717) is 0 Å². The number of methoxy groups -OCH3 is 1. The van der Waals surface area contributed by atoms with E-state index in [0.717, 1.165) is 17.7 Å². The van der Waals surface area contributed by atoms with Crippen LogP contribution in [0.15, 0.2) is 42.5 Å². The van der Waals surface area contributed by atoms with Gasteiger partial charge < -0.3 is 4.74 Å². The Kier molecular flexibility index (Phi) is 4.23. The van der Waals surface area contributed by atoms with E-state index in [-0.39, 0.29) is 6.04 Å². The maximum atomic E-state index is 5.77. The summed E-state index contributed by atoms with van der Waals surface area (Å²) in [5.74, 6) is 6.63. The van der Waals surface area contributed by atoms with Gasteiger partial charge in [0.25, 0.3) is 0 Å². The molecule has 0 aliphatic heterocycles. The first kappa shape index (κ1) is 14.1. The zero-order valence-electron chi connectivity index (χ0n) is 12.4. The van der Waals surface area contributed by atoms with Crippen LogP contribution in [-0.2, 0) is 19.3 Å². The van der Waals surface area contributed by atoms with E-state index >= 15 is 0 Å². The second-order valence-corrected chi connectivity index (χ2v) is 5.66. The number of nitrogens with one attached hydrogen (secondary N) is 1. The third-order valence-corrected chi connectivity index (χ3v) is 4.30. The number of fused-ring (bicyclic) bond motifs is 1. The van der Waals surface area contributed by atoms with Gasteiger partial charge in [-0.25, -0.2) is 0 Å². The second kappa shape index (κ2) is 6.29. The van der Waals surface area contributed by atoms with Crippen molar-refractivity contribution in [2.24, 2.45) is 5.84 Å². The highest BCUT2D eigenvalue weighted by Gasteiger charge is 2.15. The van der Waals surface area contributed by atoms with E-state index in [1.807, 2.05) is 18.2 Å². The summed E-state index contributed by atoms with van der Waals surface area (Å²) in [6.07, 6.45) is 4.61.